The first-order valence-electron chi connectivity index (χ1n) is 7.61. The fourth-order valence-corrected chi connectivity index (χ4v) is 2.44. The molecule has 1 N–H and O–H groups in total. The molecule has 0 saturated carbocycles. The third kappa shape index (κ3) is 5.93. The van der Waals surface area contributed by atoms with Gasteiger partial charge in [-0.05, 0) is 30.7 Å². The van der Waals surface area contributed by atoms with E-state index in [4.69, 9.17) is 0 Å². The molecule has 0 aliphatic rings. The van der Waals surface area contributed by atoms with Crippen molar-refractivity contribution >= 4 is 37.7 Å². The predicted octanol–water partition coefficient (Wildman–Crippen LogP) is 6.89. The number of aliphatic imine (C=N–C) groups is 1. The number of aromatic hydroxyl groups is 1. The molecule has 0 aliphatic heterocycles. The molecule has 0 aliphatic carbocycles. The van der Waals surface area contributed by atoms with E-state index in [1.54, 1.807) is 0 Å². The van der Waals surface area contributed by atoms with Crippen LogP contribution in [0.1, 0.15) is 12.5 Å². The molecule has 3 aromatic rings. The van der Waals surface area contributed by atoms with Gasteiger partial charge in [0.05, 0.1) is 5.69 Å². The second kappa shape index (κ2) is 10.7. The Morgan fingerprint density at radius 1 is 0.840 bits per heavy atom. The van der Waals surface area contributed by atoms with Gasteiger partial charge in [0.1, 0.15) is 5.75 Å². The van der Waals surface area contributed by atoms with E-state index in [2.05, 4.69) is 31.3 Å². The number of hydrogen-bond donors (Lipinski definition) is 1. The third-order valence-corrected chi connectivity index (χ3v) is 3.56. The van der Waals surface area contributed by atoms with E-state index >= 15 is 0 Å². The van der Waals surface area contributed by atoms with Crippen LogP contribution in [0.5, 0.6) is 5.75 Å². The summed E-state index contributed by atoms with van der Waals surface area (Å²) in [5, 5.41) is 10.6. The predicted molar refractivity (Wildman–Crippen MR) is 110 cm³/mol. The topological polar surface area (TPSA) is 32.6 Å². The van der Waals surface area contributed by atoms with E-state index in [0.717, 1.165) is 28.1 Å². The molecule has 0 radical (unpaired) electrons. The van der Waals surface area contributed by atoms with Crippen LogP contribution in [0.15, 0.2) is 83.9 Å². The summed E-state index contributed by atoms with van der Waals surface area (Å²) in [6, 6.07) is 25.4. The molecule has 0 heterocycles. The Balaban J connectivity index is 0.000000701. The molecule has 0 bridgehead atoms. The van der Waals surface area contributed by atoms with Crippen molar-refractivity contribution in [3.8, 4) is 16.9 Å². The van der Waals surface area contributed by atoms with E-state index in [0.29, 0.717) is 0 Å². The first-order chi connectivity index (χ1) is 12.2. The van der Waals surface area contributed by atoms with Gasteiger partial charge >= 0.3 is 41.3 Å². The molecule has 0 unspecified atom stereocenters. The third-order valence-electron chi connectivity index (χ3n) is 3.56. The second-order valence-corrected chi connectivity index (χ2v) is 13.1. The number of phenols is 1. The summed E-state index contributed by atoms with van der Waals surface area (Å²) in [5.41, 5.74) is 4.24. The minimum absolute atomic E-state index is 0.125. The van der Waals surface area contributed by atoms with Crippen LogP contribution in [-0.2, 0) is 15.0 Å². The quantitative estimate of drug-likeness (QED) is 0.312. The van der Waals surface area contributed by atoms with Crippen molar-refractivity contribution in [3.63, 3.8) is 0 Å². The van der Waals surface area contributed by atoms with Crippen LogP contribution >= 0.6 is 26.3 Å². The molecule has 25 heavy (non-hydrogen) atoms. The zero-order chi connectivity index (χ0) is 18.1. The minimum atomic E-state index is 0.125. The summed E-state index contributed by atoms with van der Waals surface area (Å²) in [7, 11) is 0. The summed E-state index contributed by atoms with van der Waals surface area (Å²) in [6.07, 6.45) is 0. The Hall–Kier alpha value is -1.20. The van der Waals surface area contributed by atoms with Gasteiger partial charge in [-0.3, -0.25) is 4.99 Å². The molecule has 3 rings (SSSR count). The van der Waals surface area contributed by atoms with E-state index in [1.807, 2.05) is 85.8 Å². The van der Waals surface area contributed by atoms with Gasteiger partial charge in [-0.15, -0.1) is 0 Å². The molecular formula is C20H17Br2NOTi. The van der Waals surface area contributed by atoms with Crippen molar-refractivity contribution in [2.45, 2.75) is 6.92 Å². The molecule has 0 atom stereocenters. The van der Waals surface area contributed by atoms with Crippen molar-refractivity contribution in [2.75, 3.05) is 0 Å². The zero-order valence-corrected chi connectivity index (χ0v) is 18.4. The van der Waals surface area contributed by atoms with Crippen LogP contribution in [0, 0.1) is 0 Å². The number of hydrogen-bond acceptors (Lipinski definition) is 2. The SMILES string of the molecule is CC(=Nc1ccccc1)c1cccc(-c2ccccc2)c1O.[Br][Ti][Br]. The molecule has 2 nitrogen and oxygen atoms in total. The molecule has 126 valence electrons. The van der Waals surface area contributed by atoms with E-state index in [9.17, 15) is 5.11 Å². The molecule has 3 aromatic carbocycles. The van der Waals surface area contributed by atoms with E-state index in [1.165, 1.54) is 0 Å². The number of nitrogens with zero attached hydrogens (tertiary/aromatic N) is 1. The monoisotopic (exact) mass is 493 g/mol. The maximum atomic E-state index is 10.6. The van der Waals surface area contributed by atoms with Gasteiger partial charge in [0, 0.05) is 16.8 Å². The van der Waals surface area contributed by atoms with Gasteiger partial charge in [-0.2, -0.15) is 0 Å². The first-order valence-corrected chi connectivity index (χ1v) is 15.3. The zero-order valence-electron chi connectivity index (χ0n) is 13.7. The number of benzene rings is 3. The van der Waals surface area contributed by atoms with Crippen molar-refractivity contribution in [2.24, 2.45) is 4.99 Å². The van der Waals surface area contributed by atoms with E-state index in [-0.39, 0.29) is 20.7 Å². The first kappa shape index (κ1) is 20.1. The average molecular weight is 495 g/mol. The van der Waals surface area contributed by atoms with Crippen molar-refractivity contribution in [1.29, 1.82) is 0 Å². The van der Waals surface area contributed by atoms with Crippen molar-refractivity contribution < 1.29 is 20.1 Å². The number of halogens is 2. The van der Waals surface area contributed by atoms with Crippen LogP contribution in [0.3, 0.4) is 0 Å². The fraction of sp³-hybridized carbons (Fsp3) is 0.0500. The average Bonchev–Trinajstić information content (AvgIpc) is 2.64. The van der Waals surface area contributed by atoms with Crippen LogP contribution in [0.25, 0.3) is 11.1 Å². The van der Waals surface area contributed by atoms with Gasteiger partial charge < -0.3 is 5.11 Å². The number of para-hydroxylation sites is 2. The molecule has 0 amide bonds. The summed E-state index contributed by atoms with van der Waals surface area (Å²) in [6.45, 7) is 1.91. The van der Waals surface area contributed by atoms with Crippen LogP contribution in [0.2, 0.25) is 0 Å². The summed E-state index contributed by atoms with van der Waals surface area (Å²) in [4.78, 5) is 4.58. The standard InChI is InChI=1S/C20H17NO.2BrH.Ti/c1-15(21-17-11-6-3-7-12-17)18-13-8-14-19(20(18)22)16-9-4-2-5-10-16;;;/h2-14,22H,1H3;2*1H;/q;;;+2/p-2. The van der Waals surface area contributed by atoms with Gasteiger partial charge in [-0.1, -0.05) is 60.7 Å². The van der Waals surface area contributed by atoms with Crippen molar-refractivity contribution in [1.82, 2.24) is 0 Å². The summed E-state index contributed by atoms with van der Waals surface area (Å²) < 4.78 is 0. The summed E-state index contributed by atoms with van der Waals surface area (Å²) >= 11 is 6.50. The van der Waals surface area contributed by atoms with Crippen LogP contribution < -0.4 is 0 Å². The van der Waals surface area contributed by atoms with Crippen LogP contribution in [-0.4, -0.2) is 10.8 Å². The molecule has 0 saturated heterocycles. The molecule has 0 spiro atoms. The molecule has 0 aromatic heterocycles. The Morgan fingerprint density at radius 3 is 2.00 bits per heavy atom. The van der Waals surface area contributed by atoms with Crippen molar-refractivity contribution in [3.05, 3.63) is 84.4 Å². The molecular weight excluding hydrogens is 478 g/mol. The molecule has 5 heteroatoms. The number of rotatable bonds is 3. The van der Waals surface area contributed by atoms with E-state index < -0.39 is 0 Å². The Morgan fingerprint density at radius 2 is 1.40 bits per heavy atom. The van der Waals surface area contributed by atoms with Crippen LogP contribution in [0.4, 0.5) is 5.69 Å². The Kier molecular flexibility index (Phi) is 8.63. The normalized spacial score (nSPS) is 10.6. The van der Waals surface area contributed by atoms with Gasteiger partial charge in [-0.25, -0.2) is 0 Å². The Labute approximate surface area is 170 Å². The fourth-order valence-electron chi connectivity index (χ4n) is 2.44. The Bertz CT molecular complexity index is 824. The van der Waals surface area contributed by atoms with Gasteiger partial charge in [0.25, 0.3) is 0 Å². The van der Waals surface area contributed by atoms with Gasteiger partial charge in [0.15, 0.2) is 0 Å². The molecule has 0 fully saturated rings. The maximum absolute atomic E-state index is 10.6. The van der Waals surface area contributed by atoms with Gasteiger partial charge in [0.2, 0.25) is 0 Å². The summed E-state index contributed by atoms with van der Waals surface area (Å²) in [5.74, 6) is 0.269. The number of phenolic OH excluding ortho intramolecular Hbond substituents is 1. The second-order valence-electron chi connectivity index (χ2n) is 5.17.